The van der Waals surface area contributed by atoms with E-state index in [0.29, 0.717) is 49.1 Å². The van der Waals surface area contributed by atoms with E-state index in [-0.39, 0.29) is 11.9 Å². The molecule has 0 N–H and O–H groups in total. The first-order valence-electron chi connectivity index (χ1n) is 10.5. The number of carbonyl (C=O) groups excluding carboxylic acids is 2. The van der Waals surface area contributed by atoms with Crippen molar-refractivity contribution >= 4 is 11.9 Å². The van der Waals surface area contributed by atoms with E-state index in [0.717, 1.165) is 11.1 Å². The molecule has 0 aliphatic carbocycles. The van der Waals surface area contributed by atoms with Crippen molar-refractivity contribution in [2.75, 3.05) is 13.2 Å². The third-order valence-corrected chi connectivity index (χ3v) is 4.56. The Bertz CT molecular complexity index is 923. The summed E-state index contributed by atoms with van der Waals surface area (Å²) in [5.74, 6) is 0.673. The molecule has 0 heterocycles. The predicted molar refractivity (Wildman–Crippen MR) is 120 cm³/mol. The first-order valence-corrected chi connectivity index (χ1v) is 10.5. The topological polar surface area (TPSA) is 71.1 Å². The van der Waals surface area contributed by atoms with Crippen LogP contribution in [0.15, 0.2) is 72.8 Å². The van der Waals surface area contributed by atoms with Crippen molar-refractivity contribution in [3.8, 4) is 11.5 Å². The molecule has 6 nitrogen and oxygen atoms in total. The molecule has 0 bridgehead atoms. The smallest absolute Gasteiger partial charge is 0.338 e. The Kier molecular flexibility index (Phi) is 8.26. The summed E-state index contributed by atoms with van der Waals surface area (Å²) in [6.07, 6.45) is 0. The van der Waals surface area contributed by atoms with E-state index in [1.807, 2.05) is 24.3 Å². The third-order valence-electron chi connectivity index (χ3n) is 4.56. The number of benzene rings is 3. The Hall–Kier alpha value is -3.80. The molecule has 0 unspecified atom stereocenters. The summed E-state index contributed by atoms with van der Waals surface area (Å²) in [4.78, 5) is 23.4. The van der Waals surface area contributed by atoms with Gasteiger partial charge in [0, 0.05) is 0 Å². The molecule has 0 radical (unpaired) electrons. The van der Waals surface area contributed by atoms with Gasteiger partial charge in [-0.25, -0.2) is 9.59 Å². The summed E-state index contributed by atoms with van der Waals surface area (Å²) >= 11 is 0. The maximum atomic E-state index is 11.7. The zero-order valence-corrected chi connectivity index (χ0v) is 18.2. The molecule has 0 fully saturated rings. The molecule has 166 valence electrons. The van der Waals surface area contributed by atoms with E-state index >= 15 is 0 Å². The van der Waals surface area contributed by atoms with E-state index in [2.05, 4.69) is 0 Å². The average molecular weight is 434 g/mol. The third kappa shape index (κ3) is 6.60. The number of ether oxygens (including phenoxy) is 4. The van der Waals surface area contributed by atoms with Gasteiger partial charge in [0.2, 0.25) is 0 Å². The molecule has 3 rings (SSSR count). The van der Waals surface area contributed by atoms with E-state index in [1.54, 1.807) is 62.4 Å². The van der Waals surface area contributed by atoms with Gasteiger partial charge in [-0.1, -0.05) is 24.3 Å². The lowest BCUT2D eigenvalue weighted by molar-refractivity contribution is 0.0516. The Labute approximate surface area is 187 Å². The molecule has 0 saturated heterocycles. The Morgan fingerprint density at radius 3 is 1.22 bits per heavy atom. The van der Waals surface area contributed by atoms with Crippen molar-refractivity contribution in [3.05, 3.63) is 95.1 Å². The summed E-state index contributed by atoms with van der Waals surface area (Å²) in [6, 6.07) is 21.7. The first kappa shape index (κ1) is 22.9. The second-order valence-electron chi connectivity index (χ2n) is 6.88. The van der Waals surface area contributed by atoms with Crippen molar-refractivity contribution < 1.29 is 28.5 Å². The quantitative estimate of drug-likeness (QED) is 0.409. The van der Waals surface area contributed by atoms with Crippen LogP contribution in [0.1, 0.15) is 45.7 Å². The van der Waals surface area contributed by atoms with Crippen LogP contribution in [0.3, 0.4) is 0 Å². The van der Waals surface area contributed by atoms with Gasteiger partial charge in [-0.15, -0.1) is 0 Å². The van der Waals surface area contributed by atoms with E-state index in [4.69, 9.17) is 18.9 Å². The normalized spacial score (nSPS) is 10.3. The van der Waals surface area contributed by atoms with Crippen molar-refractivity contribution in [1.82, 2.24) is 0 Å². The second kappa shape index (κ2) is 11.6. The molecular weight excluding hydrogens is 408 g/mol. The van der Waals surface area contributed by atoms with Crippen molar-refractivity contribution in [2.45, 2.75) is 27.1 Å². The largest absolute Gasteiger partial charge is 0.489 e. The van der Waals surface area contributed by atoms with Crippen LogP contribution < -0.4 is 9.47 Å². The summed E-state index contributed by atoms with van der Waals surface area (Å²) in [7, 11) is 0. The number of carbonyl (C=O) groups is 2. The highest BCUT2D eigenvalue weighted by Crippen LogP contribution is 2.17. The molecular formula is C26H26O6. The summed E-state index contributed by atoms with van der Waals surface area (Å²) < 4.78 is 21.5. The van der Waals surface area contributed by atoms with Crippen molar-refractivity contribution in [1.29, 1.82) is 0 Å². The molecule has 0 spiro atoms. The first-order chi connectivity index (χ1) is 15.6. The highest BCUT2D eigenvalue weighted by molar-refractivity contribution is 5.89. The Balaban J connectivity index is 1.47. The van der Waals surface area contributed by atoms with Gasteiger partial charge in [-0.2, -0.15) is 0 Å². The van der Waals surface area contributed by atoms with Crippen LogP contribution in [0.25, 0.3) is 0 Å². The highest BCUT2D eigenvalue weighted by Gasteiger charge is 2.07. The molecule has 3 aromatic rings. The van der Waals surface area contributed by atoms with Crippen molar-refractivity contribution in [3.63, 3.8) is 0 Å². The molecule has 3 aromatic carbocycles. The van der Waals surface area contributed by atoms with E-state index < -0.39 is 0 Å². The number of esters is 2. The monoisotopic (exact) mass is 434 g/mol. The van der Waals surface area contributed by atoms with Gasteiger partial charge in [-0.3, -0.25) is 0 Å². The minimum absolute atomic E-state index is 0.341. The number of hydrogen-bond acceptors (Lipinski definition) is 6. The lowest BCUT2D eigenvalue weighted by Gasteiger charge is -2.09. The fourth-order valence-electron chi connectivity index (χ4n) is 2.87. The molecule has 0 amide bonds. The summed E-state index contributed by atoms with van der Waals surface area (Å²) in [6.45, 7) is 5.07. The zero-order valence-electron chi connectivity index (χ0n) is 18.2. The van der Waals surface area contributed by atoms with Crippen LogP contribution in [-0.2, 0) is 22.7 Å². The molecule has 0 aliphatic heterocycles. The molecule has 6 heteroatoms. The lowest BCUT2D eigenvalue weighted by Crippen LogP contribution is -2.04. The standard InChI is InChI=1S/C26H26O6/c1-3-29-25(27)21-9-13-23(14-10-21)31-17-19-5-7-20(8-6-19)18-32-24-15-11-22(12-16-24)26(28)30-4-2/h5-16H,3-4,17-18H2,1-2H3. The Morgan fingerprint density at radius 1 is 0.562 bits per heavy atom. The maximum Gasteiger partial charge on any atom is 0.338 e. The van der Waals surface area contributed by atoms with Crippen LogP contribution >= 0.6 is 0 Å². The lowest BCUT2D eigenvalue weighted by atomic mass is 10.1. The van der Waals surface area contributed by atoms with Crippen LogP contribution in [0.4, 0.5) is 0 Å². The average Bonchev–Trinajstić information content (AvgIpc) is 2.83. The summed E-state index contributed by atoms with van der Waals surface area (Å²) in [5, 5.41) is 0. The van der Waals surface area contributed by atoms with Crippen LogP contribution in [0.2, 0.25) is 0 Å². The van der Waals surface area contributed by atoms with Gasteiger partial charge in [0.05, 0.1) is 24.3 Å². The van der Waals surface area contributed by atoms with Crippen molar-refractivity contribution in [2.24, 2.45) is 0 Å². The minimum atomic E-state index is -0.341. The number of hydrogen-bond donors (Lipinski definition) is 0. The molecule has 0 saturated carbocycles. The van der Waals surface area contributed by atoms with Gasteiger partial charge < -0.3 is 18.9 Å². The van der Waals surface area contributed by atoms with Gasteiger partial charge >= 0.3 is 11.9 Å². The van der Waals surface area contributed by atoms with E-state index in [9.17, 15) is 9.59 Å². The molecule has 32 heavy (non-hydrogen) atoms. The summed E-state index contributed by atoms with van der Waals surface area (Å²) in [5.41, 5.74) is 3.03. The van der Waals surface area contributed by atoms with Gasteiger partial charge in [0.15, 0.2) is 0 Å². The predicted octanol–water partition coefficient (Wildman–Crippen LogP) is 5.20. The van der Waals surface area contributed by atoms with Crippen LogP contribution in [0, 0.1) is 0 Å². The molecule has 0 aliphatic rings. The number of rotatable bonds is 10. The fourth-order valence-corrected chi connectivity index (χ4v) is 2.87. The zero-order chi connectivity index (χ0) is 22.8. The van der Waals surface area contributed by atoms with Crippen LogP contribution in [-0.4, -0.2) is 25.2 Å². The second-order valence-corrected chi connectivity index (χ2v) is 6.88. The molecule has 0 aromatic heterocycles. The molecule has 0 atom stereocenters. The van der Waals surface area contributed by atoms with Crippen LogP contribution in [0.5, 0.6) is 11.5 Å². The van der Waals surface area contributed by atoms with Gasteiger partial charge in [0.1, 0.15) is 24.7 Å². The minimum Gasteiger partial charge on any atom is -0.489 e. The van der Waals surface area contributed by atoms with Gasteiger partial charge in [-0.05, 0) is 73.5 Å². The SMILES string of the molecule is CCOC(=O)c1ccc(OCc2ccc(COc3ccc(C(=O)OCC)cc3)cc2)cc1. The maximum absolute atomic E-state index is 11.7. The van der Waals surface area contributed by atoms with E-state index in [1.165, 1.54) is 0 Å². The van der Waals surface area contributed by atoms with Gasteiger partial charge in [0.25, 0.3) is 0 Å². The Morgan fingerprint density at radius 2 is 0.906 bits per heavy atom. The fraction of sp³-hybridized carbons (Fsp3) is 0.231. The highest BCUT2D eigenvalue weighted by atomic mass is 16.5.